The summed E-state index contributed by atoms with van der Waals surface area (Å²) < 4.78 is 6.24. The lowest BCUT2D eigenvalue weighted by molar-refractivity contribution is 0.439. The number of nitrogens with zero attached hydrogens (tertiary/aromatic N) is 1. The zero-order valence-corrected chi connectivity index (χ0v) is 12.6. The number of hydrogen-bond donors (Lipinski definition) is 1. The fraction of sp³-hybridized carbons (Fsp3) is 0.0714. The van der Waals surface area contributed by atoms with Gasteiger partial charge in [-0.2, -0.15) is 0 Å². The molecule has 3 rings (SSSR count). The number of aromatic nitrogens is 1. The zero-order valence-electron chi connectivity index (χ0n) is 10.2. The molecule has 0 unspecified atom stereocenters. The van der Waals surface area contributed by atoms with Crippen molar-refractivity contribution in [2.75, 3.05) is 5.73 Å². The van der Waals surface area contributed by atoms with Gasteiger partial charge in [0.2, 0.25) is 5.88 Å². The van der Waals surface area contributed by atoms with Crippen molar-refractivity contribution < 1.29 is 4.52 Å². The van der Waals surface area contributed by atoms with E-state index in [4.69, 9.17) is 10.3 Å². The van der Waals surface area contributed by atoms with Gasteiger partial charge < -0.3 is 10.3 Å². The molecule has 0 amide bonds. The average molecular weight is 335 g/mol. The Balaban J connectivity index is 2.22. The third kappa shape index (κ3) is 2.19. The van der Waals surface area contributed by atoms with Crippen LogP contribution >= 0.6 is 27.3 Å². The molecule has 0 atom stereocenters. The SMILES string of the molecule is Cc1ccccc1-c1c(-c2ccc(Br)s2)noc1N. The quantitative estimate of drug-likeness (QED) is 0.737. The lowest BCUT2D eigenvalue weighted by atomic mass is 10.00. The van der Waals surface area contributed by atoms with Crippen molar-refractivity contribution in [3.63, 3.8) is 0 Å². The highest BCUT2D eigenvalue weighted by molar-refractivity contribution is 9.11. The summed E-state index contributed by atoms with van der Waals surface area (Å²) in [7, 11) is 0. The van der Waals surface area contributed by atoms with Gasteiger partial charge in [-0.05, 0) is 46.1 Å². The largest absolute Gasteiger partial charge is 0.367 e. The van der Waals surface area contributed by atoms with Crippen molar-refractivity contribution >= 4 is 33.2 Å². The minimum atomic E-state index is 0.355. The molecule has 0 aliphatic rings. The molecule has 2 heterocycles. The number of nitrogens with two attached hydrogens (primary N) is 1. The van der Waals surface area contributed by atoms with E-state index in [9.17, 15) is 0 Å². The van der Waals surface area contributed by atoms with E-state index in [2.05, 4.69) is 34.1 Å². The molecule has 2 aromatic heterocycles. The number of anilines is 1. The lowest BCUT2D eigenvalue weighted by Crippen LogP contribution is -1.89. The van der Waals surface area contributed by atoms with Crippen LogP contribution in [-0.2, 0) is 0 Å². The molecular weight excluding hydrogens is 324 g/mol. The minimum Gasteiger partial charge on any atom is -0.367 e. The Hall–Kier alpha value is -1.59. The second kappa shape index (κ2) is 4.83. The van der Waals surface area contributed by atoms with Crippen LogP contribution in [0.4, 0.5) is 5.88 Å². The molecule has 0 radical (unpaired) electrons. The Morgan fingerprint density at radius 1 is 1.21 bits per heavy atom. The first kappa shape index (κ1) is 12.4. The second-order valence-corrected chi connectivity index (χ2v) is 6.65. The Bertz CT molecular complexity index is 733. The van der Waals surface area contributed by atoms with Gasteiger partial charge in [-0.3, -0.25) is 0 Å². The molecule has 0 spiro atoms. The van der Waals surface area contributed by atoms with Gasteiger partial charge in [0, 0.05) is 0 Å². The van der Waals surface area contributed by atoms with E-state index < -0.39 is 0 Å². The van der Waals surface area contributed by atoms with Gasteiger partial charge in [0.1, 0.15) is 5.69 Å². The first-order valence-electron chi connectivity index (χ1n) is 5.73. The maximum atomic E-state index is 5.95. The van der Waals surface area contributed by atoms with E-state index in [1.807, 2.05) is 30.3 Å². The Kier molecular flexibility index (Phi) is 3.16. The van der Waals surface area contributed by atoms with E-state index in [0.29, 0.717) is 5.88 Å². The number of thiophene rings is 1. The molecule has 0 aliphatic heterocycles. The Morgan fingerprint density at radius 2 is 2.00 bits per heavy atom. The smallest absolute Gasteiger partial charge is 0.230 e. The molecule has 19 heavy (non-hydrogen) atoms. The molecule has 0 bridgehead atoms. The summed E-state index contributed by atoms with van der Waals surface area (Å²) >= 11 is 5.07. The molecule has 2 N–H and O–H groups in total. The summed E-state index contributed by atoms with van der Waals surface area (Å²) in [5, 5.41) is 4.11. The van der Waals surface area contributed by atoms with Crippen LogP contribution in [0.5, 0.6) is 0 Å². The number of halogens is 1. The molecule has 3 aromatic rings. The van der Waals surface area contributed by atoms with Gasteiger partial charge in [-0.25, -0.2) is 0 Å². The highest BCUT2D eigenvalue weighted by Gasteiger charge is 2.19. The van der Waals surface area contributed by atoms with Crippen LogP contribution in [0.2, 0.25) is 0 Å². The Labute approximate surface area is 123 Å². The van der Waals surface area contributed by atoms with Gasteiger partial charge in [-0.15, -0.1) is 11.3 Å². The van der Waals surface area contributed by atoms with Crippen molar-refractivity contribution in [2.24, 2.45) is 0 Å². The summed E-state index contributed by atoms with van der Waals surface area (Å²) in [4.78, 5) is 1.03. The van der Waals surface area contributed by atoms with Crippen LogP contribution in [0.25, 0.3) is 21.7 Å². The highest BCUT2D eigenvalue weighted by Crippen LogP contribution is 2.40. The van der Waals surface area contributed by atoms with Crippen molar-refractivity contribution in [1.82, 2.24) is 5.16 Å². The molecule has 1 aromatic carbocycles. The lowest BCUT2D eigenvalue weighted by Gasteiger charge is -2.04. The molecule has 0 saturated heterocycles. The summed E-state index contributed by atoms with van der Waals surface area (Å²) in [5.41, 5.74) is 9.82. The molecule has 3 nitrogen and oxygen atoms in total. The van der Waals surface area contributed by atoms with Gasteiger partial charge in [0.05, 0.1) is 14.2 Å². The van der Waals surface area contributed by atoms with E-state index in [1.165, 1.54) is 0 Å². The first-order valence-corrected chi connectivity index (χ1v) is 7.34. The summed E-state index contributed by atoms with van der Waals surface area (Å²) in [5.74, 6) is 0.355. The molecule has 0 fully saturated rings. The Morgan fingerprint density at radius 3 is 2.68 bits per heavy atom. The summed E-state index contributed by atoms with van der Waals surface area (Å²) in [6.45, 7) is 2.05. The third-order valence-electron chi connectivity index (χ3n) is 2.94. The van der Waals surface area contributed by atoms with Crippen LogP contribution in [-0.4, -0.2) is 5.16 Å². The maximum Gasteiger partial charge on any atom is 0.230 e. The monoisotopic (exact) mass is 334 g/mol. The van der Waals surface area contributed by atoms with Crippen LogP contribution in [0.3, 0.4) is 0 Å². The van der Waals surface area contributed by atoms with Crippen molar-refractivity contribution in [3.05, 3.63) is 45.7 Å². The number of aryl methyl sites for hydroxylation is 1. The van der Waals surface area contributed by atoms with Crippen molar-refractivity contribution in [3.8, 4) is 21.7 Å². The molecule has 96 valence electrons. The van der Waals surface area contributed by atoms with E-state index in [1.54, 1.807) is 11.3 Å². The highest BCUT2D eigenvalue weighted by atomic mass is 79.9. The van der Waals surface area contributed by atoms with Gasteiger partial charge in [0.25, 0.3) is 0 Å². The number of rotatable bonds is 2. The van der Waals surface area contributed by atoms with Crippen molar-refractivity contribution in [2.45, 2.75) is 6.92 Å². The van der Waals surface area contributed by atoms with Gasteiger partial charge in [0.15, 0.2) is 0 Å². The fourth-order valence-electron chi connectivity index (χ4n) is 2.03. The predicted octanol–water partition coefficient (Wildman–Crippen LogP) is 4.72. The normalized spacial score (nSPS) is 10.8. The van der Waals surface area contributed by atoms with E-state index in [0.717, 1.165) is 31.0 Å². The topological polar surface area (TPSA) is 52.0 Å². The summed E-state index contributed by atoms with van der Waals surface area (Å²) in [6.07, 6.45) is 0. The fourth-order valence-corrected chi connectivity index (χ4v) is 3.40. The molecule has 5 heteroatoms. The molecule has 0 aliphatic carbocycles. The van der Waals surface area contributed by atoms with Crippen LogP contribution in [0, 0.1) is 6.92 Å². The van der Waals surface area contributed by atoms with Crippen LogP contribution < -0.4 is 5.73 Å². The number of hydrogen-bond acceptors (Lipinski definition) is 4. The predicted molar refractivity (Wildman–Crippen MR) is 82.1 cm³/mol. The summed E-state index contributed by atoms with van der Waals surface area (Å²) in [6, 6.07) is 12.1. The van der Waals surface area contributed by atoms with Crippen molar-refractivity contribution in [1.29, 1.82) is 0 Å². The van der Waals surface area contributed by atoms with Gasteiger partial charge in [-0.1, -0.05) is 29.4 Å². The average Bonchev–Trinajstić information content (AvgIpc) is 2.96. The standard InChI is InChI=1S/C14H11BrN2OS/c1-8-4-2-3-5-9(8)12-13(17-18-14(12)16)10-6-7-11(15)19-10/h2-7H,16H2,1H3. The first-order chi connectivity index (χ1) is 9.16. The zero-order chi connectivity index (χ0) is 13.4. The maximum absolute atomic E-state index is 5.95. The number of benzene rings is 1. The van der Waals surface area contributed by atoms with E-state index in [-0.39, 0.29) is 0 Å². The number of nitrogen functional groups attached to an aromatic ring is 1. The van der Waals surface area contributed by atoms with E-state index >= 15 is 0 Å². The molecular formula is C14H11BrN2OS. The minimum absolute atomic E-state index is 0.355. The van der Waals surface area contributed by atoms with Gasteiger partial charge >= 0.3 is 0 Å². The third-order valence-corrected chi connectivity index (χ3v) is 4.57. The second-order valence-electron chi connectivity index (χ2n) is 4.19. The molecule has 0 saturated carbocycles. The van der Waals surface area contributed by atoms with Crippen LogP contribution in [0.15, 0.2) is 44.7 Å². The van der Waals surface area contributed by atoms with Crippen LogP contribution in [0.1, 0.15) is 5.56 Å².